The summed E-state index contributed by atoms with van der Waals surface area (Å²) < 4.78 is 1.76. The van der Waals surface area contributed by atoms with Crippen LogP contribution in [0.3, 0.4) is 0 Å². The molecule has 0 saturated heterocycles. The number of nitro groups is 1. The highest BCUT2D eigenvalue weighted by Crippen LogP contribution is 2.19. The maximum atomic E-state index is 12.2. The Kier molecular flexibility index (Phi) is 6.23. The minimum atomic E-state index is -0.534. The van der Waals surface area contributed by atoms with Gasteiger partial charge in [-0.1, -0.05) is 23.9 Å². The summed E-state index contributed by atoms with van der Waals surface area (Å²) in [6.07, 6.45) is 0.530. The van der Waals surface area contributed by atoms with Gasteiger partial charge in [-0.2, -0.15) is 0 Å². The van der Waals surface area contributed by atoms with E-state index in [2.05, 4.69) is 15.5 Å². The Labute approximate surface area is 148 Å². The van der Waals surface area contributed by atoms with Gasteiger partial charge in [0, 0.05) is 44.6 Å². The lowest BCUT2D eigenvalue weighted by Crippen LogP contribution is -2.23. The Morgan fingerprint density at radius 1 is 1.36 bits per heavy atom. The number of thioether (sulfide) groups is 1. The van der Waals surface area contributed by atoms with Gasteiger partial charge in [-0.15, -0.1) is 10.2 Å². The number of benzene rings is 1. The summed E-state index contributed by atoms with van der Waals surface area (Å²) in [6.45, 7) is 1.90. The maximum Gasteiger partial charge on any atom is 0.270 e. The zero-order valence-electron chi connectivity index (χ0n) is 13.8. The molecular weight excluding hydrogens is 346 g/mol. The number of nitrogens with zero attached hydrogens (tertiary/aromatic N) is 4. The quantitative estimate of drug-likeness (QED) is 0.325. The molecule has 2 rings (SSSR count). The number of non-ortho nitro benzene ring substituents is 1. The molecule has 0 aliphatic heterocycles. The Bertz CT molecular complexity index is 805. The third-order valence-electron chi connectivity index (χ3n) is 3.36. The highest BCUT2D eigenvalue weighted by Gasteiger charge is 2.15. The molecule has 0 aliphatic carbocycles. The normalized spacial score (nSPS) is 10.5. The SMILES string of the molecule is CC(=O)NCCc1nnc(SCC(=O)c2cccc([N+](=O)[O-])c2)n1C. The third-order valence-corrected chi connectivity index (χ3v) is 4.38. The summed E-state index contributed by atoms with van der Waals surface area (Å²) in [5, 5.41) is 22.1. The maximum absolute atomic E-state index is 12.2. The fraction of sp³-hybridized carbons (Fsp3) is 0.333. The molecule has 1 amide bonds. The van der Waals surface area contributed by atoms with Crippen molar-refractivity contribution in [3.05, 3.63) is 45.8 Å². The van der Waals surface area contributed by atoms with E-state index in [1.165, 1.54) is 36.9 Å². The molecule has 0 spiro atoms. The zero-order chi connectivity index (χ0) is 18.4. The van der Waals surface area contributed by atoms with Crippen LogP contribution in [-0.4, -0.2) is 43.7 Å². The lowest BCUT2D eigenvalue weighted by molar-refractivity contribution is -0.384. The molecule has 132 valence electrons. The first-order valence-electron chi connectivity index (χ1n) is 7.41. The molecule has 0 fully saturated rings. The van der Waals surface area contributed by atoms with Gasteiger partial charge in [0.2, 0.25) is 5.91 Å². The van der Waals surface area contributed by atoms with Gasteiger partial charge in [0.05, 0.1) is 10.7 Å². The Morgan fingerprint density at radius 3 is 2.80 bits per heavy atom. The first kappa shape index (κ1) is 18.6. The molecule has 0 aliphatic rings. The van der Waals surface area contributed by atoms with Gasteiger partial charge in [-0.25, -0.2) is 0 Å². The highest BCUT2D eigenvalue weighted by atomic mass is 32.2. The summed E-state index contributed by atoms with van der Waals surface area (Å²) >= 11 is 1.21. The molecule has 1 aromatic carbocycles. The molecule has 0 bridgehead atoms. The monoisotopic (exact) mass is 363 g/mol. The second-order valence-corrected chi connectivity index (χ2v) is 6.15. The van der Waals surface area contributed by atoms with Crippen LogP contribution < -0.4 is 5.32 Å². The van der Waals surface area contributed by atoms with Gasteiger partial charge < -0.3 is 9.88 Å². The van der Waals surface area contributed by atoms with Gasteiger partial charge in [0.25, 0.3) is 5.69 Å². The Hall–Kier alpha value is -2.75. The van der Waals surface area contributed by atoms with E-state index in [-0.39, 0.29) is 28.7 Å². The van der Waals surface area contributed by atoms with Crippen molar-refractivity contribution in [2.24, 2.45) is 7.05 Å². The highest BCUT2D eigenvalue weighted by molar-refractivity contribution is 7.99. The van der Waals surface area contributed by atoms with Gasteiger partial charge in [-0.3, -0.25) is 19.7 Å². The number of aromatic nitrogens is 3. The summed E-state index contributed by atoms with van der Waals surface area (Å²) in [5.41, 5.74) is 0.171. The minimum Gasteiger partial charge on any atom is -0.356 e. The number of Topliss-reactive ketones (excluding diaryl/α,β-unsaturated/α-hetero) is 1. The van der Waals surface area contributed by atoms with Crippen LogP contribution in [0.4, 0.5) is 5.69 Å². The predicted octanol–water partition coefficient (Wildman–Crippen LogP) is 1.38. The summed E-state index contributed by atoms with van der Waals surface area (Å²) in [5.74, 6) is 0.452. The number of carbonyl (C=O) groups is 2. The molecule has 0 radical (unpaired) electrons. The van der Waals surface area contributed by atoms with Crippen molar-refractivity contribution >= 4 is 29.1 Å². The number of nitrogens with one attached hydrogen (secondary N) is 1. The number of hydrogen-bond acceptors (Lipinski definition) is 7. The molecule has 25 heavy (non-hydrogen) atoms. The van der Waals surface area contributed by atoms with E-state index in [0.717, 1.165) is 0 Å². The van der Waals surface area contributed by atoms with Crippen LogP contribution in [0.2, 0.25) is 0 Å². The molecule has 9 nitrogen and oxygen atoms in total. The minimum absolute atomic E-state index is 0.0961. The second-order valence-electron chi connectivity index (χ2n) is 5.21. The van der Waals surface area contributed by atoms with Crippen LogP contribution in [0.1, 0.15) is 23.1 Å². The smallest absolute Gasteiger partial charge is 0.270 e. The third kappa shape index (κ3) is 5.11. The van der Waals surface area contributed by atoms with Crippen LogP contribution in [0.5, 0.6) is 0 Å². The summed E-state index contributed by atoms with van der Waals surface area (Å²) in [7, 11) is 1.78. The predicted molar refractivity (Wildman–Crippen MR) is 91.5 cm³/mol. The number of amides is 1. The van der Waals surface area contributed by atoms with E-state index in [1.807, 2.05) is 0 Å². The molecule has 2 aromatic rings. The van der Waals surface area contributed by atoms with E-state index < -0.39 is 4.92 Å². The van der Waals surface area contributed by atoms with Gasteiger partial charge in [-0.05, 0) is 0 Å². The van der Waals surface area contributed by atoms with Crippen LogP contribution >= 0.6 is 11.8 Å². The van der Waals surface area contributed by atoms with Crippen molar-refractivity contribution < 1.29 is 14.5 Å². The number of hydrogen-bond donors (Lipinski definition) is 1. The number of nitro benzene ring substituents is 1. The van der Waals surface area contributed by atoms with Crippen molar-refractivity contribution in [3.8, 4) is 0 Å². The molecule has 0 saturated carbocycles. The molecule has 0 atom stereocenters. The average molecular weight is 363 g/mol. The van der Waals surface area contributed by atoms with Crippen molar-refractivity contribution in [2.45, 2.75) is 18.5 Å². The number of rotatable bonds is 8. The largest absolute Gasteiger partial charge is 0.356 e. The van der Waals surface area contributed by atoms with Crippen molar-refractivity contribution in [1.82, 2.24) is 20.1 Å². The number of ketones is 1. The number of carbonyl (C=O) groups excluding carboxylic acids is 2. The topological polar surface area (TPSA) is 120 Å². The first-order chi connectivity index (χ1) is 11.9. The molecule has 1 N–H and O–H groups in total. The van der Waals surface area contributed by atoms with E-state index in [1.54, 1.807) is 17.7 Å². The van der Waals surface area contributed by atoms with E-state index in [0.29, 0.717) is 23.9 Å². The zero-order valence-corrected chi connectivity index (χ0v) is 14.6. The molecule has 1 heterocycles. The first-order valence-corrected chi connectivity index (χ1v) is 8.40. The molecule has 10 heteroatoms. The Morgan fingerprint density at radius 2 is 2.12 bits per heavy atom. The molecule has 1 aromatic heterocycles. The Balaban J connectivity index is 1.96. The molecular formula is C15H17N5O4S. The lowest BCUT2D eigenvalue weighted by Gasteiger charge is -2.04. The van der Waals surface area contributed by atoms with Gasteiger partial charge >= 0.3 is 0 Å². The van der Waals surface area contributed by atoms with Crippen molar-refractivity contribution in [3.63, 3.8) is 0 Å². The second kappa shape index (κ2) is 8.38. The lowest BCUT2D eigenvalue weighted by atomic mass is 10.1. The fourth-order valence-electron chi connectivity index (χ4n) is 2.05. The van der Waals surface area contributed by atoms with E-state index in [9.17, 15) is 19.7 Å². The van der Waals surface area contributed by atoms with Gasteiger partial charge in [0.15, 0.2) is 10.9 Å². The van der Waals surface area contributed by atoms with Crippen molar-refractivity contribution in [2.75, 3.05) is 12.3 Å². The van der Waals surface area contributed by atoms with E-state index >= 15 is 0 Å². The standard InChI is InChI=1S/C15H17N5O4S/c1-10(21)16-7-6-14-17-18-15(19(14)2)25-9-13(22)11-4-3-5-12(8-11)20(23)24/h3-5,8H,6-7,9H2,1-2H3,(H,16,21). The molecule has 0 unspecified atom stereocenters. The summed E-state index contributed by atoms with van der Waals surface area (Å²) in [6, 6.07) is 5.64. The summed E-state index contributed by atoms with van der Waals surface area (Å²) in [4.78, 5) is 33.3. The van der Waals surface area contributed by atoms with Crippen LogP contribution in [0.15, 0.2) is 29.4 Å². The fourth-order valence-corrected chi connectivity index (χ4v) is 2.87. The van der Waals surface area contributed by atoms with Gasteiger partial charge in [0.1, 0.15) is 5.82 Å². The van der Waals surface area contributed by atoms with E-state index in [4.69, 9.17) is 0 Å². The van der Waals surface area contributed by atoms with Crippen LogP contribution in [-0.2, 0) is 18.3 Å². The van der Waals surface area contributed by atoms with Crippen LogP contribution in [0.25, 0.3) is 0 Å². The van der Waals surface area contributed by atoms with Crippen LogP contribution in [0, 0.1) is 10.1 Å². The van der Waals surface area contributed by atoms with Crippen molar-refractivity contribution in [1.29, 1.82) is 0 Å². The average Bonchev–Trinajstić information content (AvgIpc) is 2.92.